The number of aliphatic carboxylic acids is 1. The lowest BCUT2D eigenvalue weighted by Gasteiger charge is -2.26. The molecule has 0 saturated carbocycles. The molecule has 1 heterocycles. The molecule has 0 saturated heterocycles. The van der Waals surface area contributed by atoms with Crippen molar-refractivity contribution in [1.29, 1.82) is 0 Å². The Morgan fingerprint density at radius 2 is 2.05 bits per heavy atom. The molecule has 1 unspecified atom stereocenters. The molecule has 0 fully saturated rings. The van der Waals surface area contributed by atoms with E-state index in [9.17, 15) is 18.0 Å². The predicted octanol–water partition coefficient (Wildman–Crippen LogP) is 0.240. The maximum absolute atomic E-state index is 11.7. The van der Waals surface area contributed by atoms with Crippen molar-refractivity contribution in [3.05, 3.63) is 11.5 Å². The molecule has 0 aromatic carbocycles. The van der Waals surface area contributed by atoms with Crippen LogP contribution in [0.25, 0.3) is 0 Å². The fourth-order valence-corrected chi connectivity index (χ4v) is 2.89. The van der Waals surface area contributed by atoms with Gasteiger partial charge in [-0.2, -0.15) is 0 Å². The third-order valence-electron chi connectivity index (χ3n) is 2.66. The number of rotatable bonds is 5. The molecule has 19 heavy (non-hydrogen) atoms. The summed E-state index contributed by atoms with van der Waals surface area (Å²) in [5.41, 5.74) is -0.677. The fraction of sp³-hybridized carbons (Fsp3) is 0.636. The van der Waals surface area contributed by atoms with Crippen LogP contribution in [0.2, 0.25) is 0 Å². The molecule has 0 aliphatic carbocycles. The van der Waals surface area contributed by atoms with Crippen LogP contribution >= 0.6 is 0 Å². The number of carboxylic acid groups (broad SMARTS) is 1. The predicted molar refractivity (Wildman–Crippen MR) is 69.3 cm³/mol. The Kier molecular flexibility index (Phi) is 4.56. The van der Waals surface area contributed by atoms with Crippen LogP contribution in [0, 0.1) is 0 Å². The summed E-state index contributed by atoms with van der Waals surface area (Å²) in [6.45, 7) is 3.41. The first-order valence-corrected chi connectivity index (χ1v) is 7.53. The van der Waals surface area contributed by atoms with Crippen molar-refractivity contribution in [1.82, 2.24) is 10.6 Å². The fourth-order valence-electron chi connectivity index (χ4n) is 1.66. The Morgan fingerprint density at radius 3 is 2.53 bits per heavy atom. The minimum absolute atomic E-state index is 0.0506. The monoisotopic (exact) mass is 290 g/mol. The highest BCUT2D eigenvalue weighted by atomic mass is 32.2. The SMILES string of the molecule is CC(C)(CCC(=O)O)NC(=O)NC1C=CS(=O)(=O)C1. The van der Waals surface area contributed by atoms with Gasteiger partial charge in [0, 0.05) is 17.4 Å². The Balaban J connectivity index is 2.43. The number of urea groups is 1. The normalized spacial score (nSPS) is 21.1. The van der Waals surface area contributed by atoms with Crippen molar-refractivity contribution >= 4 is 21.8 Å². The van der Waals surface area contributed by atoms with Crippen molar-refractivity contribution in [3.63, 3.8) is 0 Å². The molecule has 7 nitrogen and oxygen atoms in total. The van der Waals surface area contributed by atoms with E-state index in [-0.39, 0.29) is 18.6 Å². The average molecular weight is 290 g/mol. The van der Waals surface area contributed by atoms with Gasteiger partial charge in [-0.15, -0.1) is 0 Å². The van der Waals surface area contributed by atoms with Gasteiger partial charge in [-0.1, -0.05) is 0 Å². The van der Waals surface area contributed by atoms with Gasteiger partial charge in [0.2, 0.25) is 0 Å². The maximum Gasteiger partial charge on any atom is 0.315 e. The molecule has 1 aliphatic rings. The number of carbonyl (C=O) groups is 2. The number of carbonyl (C=O) groups excluding carboxylic acids is 1. The van der Waals surface area contributed by atoms with E-state index in [1.807, 2.05) is 0 Å². The maximum atomic E-state index is 11.7. The highest BCUT2D eigenvalue weighted by Crippen LogP contribution is 2.12. The van der Waals surface area contributed by atoms with E-state index in [0.29, 0.717) is 0 Å². The Morgan fingerprint density at radius 1 is 1.42 bits per heavy atom. The summed E-state index contributed by atoms with van der Waals surface area (Å²) in [4.78, 5) is 22.1. The van der Waals surface area contributed by atoms with Gasteiger partial charge >= 0.3 is 12.0 Å². The van der Waals surface area contributed by atoms with Gasteiger partial charge in [0.05, 0.1) is 11.8 Å². The molecule has 0 radical (unpaired) electrons. The highest BCUT2D eigenvalue weighted by Gasteiger charge is 2.26. The van der Waals surface area contributed by atoms with Gasteiger partial charge in [-0.25, -0.2) is 13.2 Å². The van der Waals surface area contributed by atoms with Gasteiger partial charge in [0.25, 0.3) is 0 Å². The van der Waals surface area contributed by atoms with Crippen molar-refractivity contribution in [2.24, 2.45) is 0 Å². The molecule has 0 spiro atoms. The van der Waals surface area contributed by atoms with Crippen LogP contribution in [0.15, 0.2) is 11.5 Å². The van der Waals surface area contributed by atoms with E-state index in [1.54, 1.807) is 13.8 Å². The third kappa shape index (κ3) is 5.73. The highest BCUT2D eigenvalue weighted by molar-refractivity contribution is 7.94. The van der Waals surface area contributed by atoms with E-state index in [4.69, 9.17) is 5.11 Å². The smallest absolute Gasteiger partial charge is 0.315 e. The molecule has 1 aliphatic heterocycles. The van der Waals surface area contributed by atoms with E-state index in [2.05, 4.69) is 10.6 Å². The first-order chi connectivity index (χ1) is 8.60. The Labute approximate surface area is 112 Å². The molecule has 0 aromatic heterocycles. The summed E-state index contributed by atoms with van der Waals surface area (Å²) in [6, 6.07) is -1.05. The number of nitrogens with one attached hydrogen (secondary N) is 2. The first kappa shape index (κ1) is 15.5. The lowest BCUT2D eigenvalue weighted by Crippen LogP contribution is -2.51. The van der Waals surface area contributed by atoms with Gasteiger partial charge in [0.1, 0.15) is 0 Å². The minimum Gasteiger partial charge on any atom is -0.481 e. The summed E-state index contributed by atoms with van der Waals surface area (Å²) in [5.74, 6) is -1.07. The van der Waals surface area contributed by atoms with Crippen LogP contribution in [-0.2, 0) is 14.6 Å². The number of amides is 2. The van der Waals surface area contributed by atoms with E-state index >= 15 is 0 Å². The summed E-state index contributed by atoms with van der Waals surface area (Å²) in [5, 5.41) is 14.8. The zero-order chi connectivity index (χ0) is 14.7. The van der Waals surface area contributed by atoms with Gasteiger partial charge in [-0.05, 0) is 26.3 Å². The molecular weight excluding hydrogens is 272 g/mol. The molecule has 3 N–H and O–H groups in total. The second-order valence-corrected chi connectivity index (χ2v) is 7.07. The second kappa shape index (κ2) is 5.60. The largest absolute Gasteiger partial charge is 0.481 e. The number of hydrogen-bond donors (Lipinski definition) is 3. The molecule has 1 rings (SSSR count). The molecule has 1 atom stereocenters. The molecule has 0 aromatic rings. The van der Waals surface area contributed by atoms with Gasteiger partial charge in [0.15, 0.2) is 9.84 Å². The van der Waals surface area contributed by atoms with Crippen LogP contribution in [-0.4, -0.2) is 42.9 Å². The Hall–Kier alpha value is -1.57. The van der Waals surface area contributed by atoms with Crippen molar-refractivity contribution < 1.29 is 23.1 Å². The van der Waals surface area contributed by atoms with Gasteiger partial charge < -0.3 is 15.7 Å². The van der Waals surface area contributed by atoms with Crippen LogP contribution < -0.4 is 10.6 Å². The molecule has 108 valence electrons. The quantitative estimate of drug-likeness (QED) is 0.671. The molecule has 8 heteroatoms. The minimum atomic E-state index is -3.21. The lowest BCUT2D eigenvalue weighted by atomic mass is 9.99. The average Bonchev–Trinajstić information content (AvgIpc) is 2.54. The summed E-state index contributed by atoms with van der Waals surface area (Å²) in [6.07, 6.45) is 1.65. The summed E-state index contributed by atoms with van der Waals surface area (Å²) in [7, 11) is -3.21. The topological polar surface area (TPSA) is 113 Å². The molecule has 0 bridgehead atoms. The zero-order valence-corrected chi connectivity index (χ0v) is 11.7. The third-order valence-corrected chi connectivity index (χ3v) is 4.06. The van der Waals surface area contributed by atoms with Crippen LogP contribution in [0.3, 0.4) is 0 Å². The lowest BCUT2D eigenvalue weighted by molar-refractivity contribution is -0.137. The summed E-state index contributed by atoms with van der Waals surface area (Å²) < 4.78 is 22.3. The second-order valence-electron chi connectivity index (χ2n) is 5.14. The van der Waals surface area contributed by atoms with E-state index in [1.165, 1.54) is 6.08 Å². The number of hydrogen-bond acceptors (Lipinski definition) is 4. The van der Waals surface area contributed by atoms with Gasteiger partial charge in [-0.3, -0.25) is 4.79 Å². The van der Waals surface area contributed by atoms with E-state index in [0.717, 1.165) is 5.41 Å². The van der Waals surface area contributed by atoms with Crippen LogP contribution in [0.4, 0.5) is 4.79 Å². The zero-order valence-electron chi connectivity index (χ0n) is 10.8. The first-order valence-electron chi connectivity index (χ1n) is 5.81. The number of carboxylic acids is 1. The number of sulfone groups is 1. The van der Waals surface area contributed by atoms with Crippen molar-refractivity contribution in [2.45, 2.75) is 38.3 Å². The van der Waals surface area contributed by atoms with E-state index < -0.39 is 33.4 Å². The molecule has 2 amide bonds. The summed E-state index contributed by atoms with van der Waals surface area (Å²) >= 11 is 0. The van der Waals surface area contributed by atoms with Crippen LogP contribution in [0.1, 0.15) is 26.7 Å². The molecular formula is C11H18N2O5S. The van der Waals surface area contributed by atoms with Crippen molar-refractivity contribution in [3.8, 4) is 0 Å². The van der Waals surface area contributed by atoms with Crippen LogP contribution in [0.5, 0.6) is 0 Å². The Bertz CT molecular complexity index is 495. The van der Waals surface area contributed by atoms with Crippen molar-refractivity contribution in [2.75, 3.05) is 5.75 Å². The standard InChI is InChI=1S/C11H18N2O5S/c1-11(2,5-3-9(14)15)13-10(16)12-8-4-6-19(17,18)7-8/h4,6,8H,3,5,7H2,1-2H3,(H,14,15)(H2,12,13,16).